The fraction of sp³-hybridized carbons (Fsp3) is 0. The number of hydrogen-bond acceptors (Lipinski definition) is 4. The maximum Gasteiger partial charge on any atom is 0.255 e. The number of pyridine rings is 1. The van der Waals surface area contributed by atoms with Crippen molar-refractivity contribution in [3.63, 3.8) is 0 Å². The average Bonchev–Trinajstić information content (AvgIpc) is 3.09. The van der Waals surface area contributed by atoms with Gasteiger partial charge in [-0.3, -0.25) is 9.29 Å². The summed E-state index contributed by atoms with van der Waals surface area (Å²) < 4.78 is 28.3. The summed E-state index contributed by atoms with van der Waals surface area (Å²) in [6.45, 7) is 0. The van der Waals surface area contributed by atoms with Crippen LogP contribution in [0.5, 0.6) is 0 Å². The summed E-state index contributed by atoms with van der Waals surface area (Å²) in [5.41, 5.74) is 1.21. The highest BCUT2D eigenvalue weighted by Gasteiger charge is 2.06. The topological polar surface area (TPSA) is 76.9 Å². The Bertz CT molecular complexity index is 887. The first kappa shape index (κ1) is 15.0. The Morgan fingerprint density at radius 1 is 1.09 bits per heavy atom. The van der Waals surface area contributed by atoms with E-state index in [1.165, 1.54) is 12.3 Å². The molecule has 7 heteroatoms. The highest BCUT2D eigenvalue weighted by Crippen LogP contribution is 2.12. The van der Waals surface area contributed by atoms with Gasteiger partial charge in [0.15, 0.2) is 0 Å². The standard InChI is InChI=1S/C16H14N4O2S/c21-23(22,11-8-14-4-2-1-3-5-14)19-15-6-7-16(18-12-15)20-10-9-17-13-20/h1-13,19H/b11-8-. The van der Waals surface area contributed by atoms with Crippen molar-refractivity contribution in [1.29, 1.82) is 0 Å². The molecule has 0 fully saturated rings. The van der Waals surface area contributed by atoms with Gasteiger partial charge in [-0.15, -0.1) is 0 Å². The Morgan fingerprint density at radius 3 is 2.57 bits per heavy atom. The molecular weight excluding hydrogens is 312 g/mol. The van der Waals surface area contributed by atoms with Crippen LogP contribution < -0.4 is 4.72 Å². The Labute approximate surface area is 134 Å². The number of nitrogens with zero attached hydrogens (tertiary/aromatic N) is 3. The molecule has 2 aromatic heterocycles. The van der Waals surface area contributed by atoms with Crippen LogP contribution in [0.3, 0.4) is 0 Å². The molecule has 3 rings (SSSR count). The number of anilines is 1. The van der Waals surface area contributed by atoms with Crippen molar-refractivity contribution < 1.29 is 8.42 Å². The number of imidazole rings is 1. The van der Waals surface area contributed by atoms with Crippen LogP contribution in [0.4, 0.5) is 5.69 Å². The molecule has 0 bridgehead atoms. The molecule has 6 nitrogen and oxygen atoms in total. The number of nitrogens with one attached hydrogen (secondary N) is 1. The van der Waals surface area contributed by atoms with Crippen molar-refractivity contribution in [2.75, 3.05) is 4.72 Å². The molecule has 0 aliphatic heterocycles. The van der Waals surface area contributed by atoms with Crippen molar-refractivity contribution in [2.24, 2.45) is 0 Å². The molecule has 1 N–H and O–H groups in total. The molecule has 2 heterocycles. The van der Waals surface area contributed by atoms with E-state index in [1.807, 2.05) is 30.3 Å². The first-order valence-corrected chi connectivity index (χ1v) is 8.37. The van der Waals surface area contributed by atoms with Gasteiger partial charge in [-0.25, -0.2) is 18.4 Å². The second kappa shape index (κ2) is 6.45. The zero-order valence-corrected chi connectivity index (χ0v) is 12.9. The number of sulfonamides is 1. The molecule has 0 aliphatic carbocycles. The lowest BCUT2D eigenvalue weighted by molar-refractivity contribution is 0.609. The molecule has 0 saturated carbocycles. The SMILES string of the molecule is O=S(=O)(/C=C\c1ccccc1)Nc1ccc(-n2ccnc2)nc1. The third kappa shape index (κ3) is 4.04. The van der Waals surface area contributed by atoms with Crippen LogP contribution in [0.25, 0.3) is 11.9 Å². The number of aromatic nitrogens is 3. The molecule has 0 spiro atoms. The summed E-state index contributed by atoms with van der Waals surface area (Å²) in [5.74, 6) is 0.658. The zero-order chi connectivity index (χ0) is 16.1. The van der Waals surface area contributed by atoms with Crippen LogP contribution in [0.2, 0.25) is 0 Å². The maximum atomic E-state index is 12.0. The normalized spacial score (nSPS) is 11.7. The summed E-state index contributed by atoms with van der Waals surface area (Å²) in [5, 5.41) is 1.13. The number of benzene rings is 1. The molecule has 0 radical (unpaired) electrons. The molecule has 23 heavy (non-hydrogen) atoms. The highest BCUT2D eigenvalue weighted by atomic mass is 32.2. The van der Waals surface area contributed by atoms with E-state index in [4.69, 9.17) is 0 Å². The lowest BCUT2D eigenvalue weighted by Gasteiger charge is -2.05. The van der Waals surface area contributed by atoms with Gasteiger partial charge >= 0.3 is 0 Å². The first-order valence-electron chi connectivity index (χ1n) is 6.83. The van der Waals surface area contributed by atoms with Gasteiger partial charge < -0.3 is 0 Å². The van der Waals surface area contributed by atoms with Gasteiger partial charge in [0.1, 0.15) is 12.1 Å². The third-order valence-corrected chi connectivity index (χ3v) is 4.03. The molecule has 1 aromatic carbocycles. The lowest BCUT2D eigenvalue weighted by atomic mass is 10.2. The molecule has 0 atom stereocenters. The minimum absolute atomic E-state index is 0.395. The summed E-state index contributed by atoms with van der Waals surface area (Å²) >= 11 is 0. The fourth-order valence-electron chi connectivity index (χ4n) is 1.92. The van der Waals surface area contributed by atoms with Crippen molar-refractivity contribution in [3.8, 4) is 5.82 Å². The Balaban J connectivity index is 1.72. The van der Waals surface area contributed by atoms with Crippen molar-refractivity contribution in [2.45, 2.75) is 0 Å². The fourth-order valence-corrected chi connectivity index (χ4v) is 2.78. The van der Waals surface area contributed by atoms with E-state index in [1.54, 1.807) is 35.4 Å². The molecule has 0 saturated heterocycles. The van der Waals surface area contributed by atoms with Crippen LogP contribution in [0, 0.1) is 0 Å². The smallest absolute Gasteiger partial charge is 0.255 e. The van der Waals surface area contributed by atoms with Crippen molar-refractivity contribution in [1.82, 2.24) is 14.5 Å². The summed E-state index contributed by atoms with van der Waals surface area (Å²) in [7, 11) is -3.59. The van der Waals surface area contributed by atoms with E-state index in [2.05, 4.69) is 14.7 Å². The van der Waals surface area contributed by atoms with Gasteiger partial charge in [0, 0.05) is 12.4 Å². The molecular formula is C16H14N4O2S. The van der Waals surface area contributed by atoms with Gasteiger partial charge in [-0.05, 0) is 23.8 Å². The molecule has 0 unspecified atom stereocenters. The third-order valence-electron chi connectivity index (χ3n) is 3.02. The lowest BCUT2D eigenvalue weighted by Crippen LogP contribution is -2.09. The maximum absolute atomic E-state index is 12.0. The van der Waals surface area contributed by atoms with Crippen LogP contribution in [-0.2, 0) is 10.0 Å². The summed E-state index contributed by atoms with van der Waals surface area (Å²) in [6.07, 6.45) is 8.02. The molecule has 116 valence electrons. The summed E-state index contributed by atoms with van der Waals surface area (Å²) in [6, 6.07) is 12.6. The predicted octanol–water partition coefficient (Wildman–Crippen LogP) is 2.68. The molecule has 0 amide bonds. The van der Waals surface area contributed by atoms with Gasteiger partial charge in [0.2, 0.25) is 0 Å². The largest absolute Gasteiger partial charge is 0.291 e. The van der Waals surface area contributed by atoms with Crippen LogP contribution >= 0.6 is 0 Å². The van der Waals surface area contributed by atoms with E-state index in [0.29, 0.717) is 11.5 Å². The molecule has 3 aromatic rings. The van der Waals surface area contributed by atoms with E-state index in [9.17, 15) is 8.42 Å². The minimum atomic E-state index is -3.59. The van der Waals surface area contributed by atoms with Crippen LogP contribution in [0.15, 0.2) is 72.8 Å². The van der Waals surface area contributed by atoms with Gasteiger partial charge in [-0.2, -0.15) is 0 Å². The number of hydrogen-bond donors (Lipinski definition) is 1. The highest BCUT2D eigenvalue weighted by molar-refractivity contribution is 7.95. The van der Waals surface area contributed by atoms with E-state index in [-0.39, 0.29) is 0 Å². The molecule has 0 aliphatic rings. The monoisotopic (exact) mass is 326 g/mol. The summed E-state index contributed by atoms with van der Waals surface area (Å²) in [4.78, 5) is 8.13. The number of rotatable bonds is 5. The van der Waals surface area contributed by atoms with Crippen molar-refractivity contribution in [3.05, 3.63) is 78.4 Å². The second-order valence-corrected chi connectivity index (χ2v) is 6.30. The predicted molar refractivity (Wildman–Crippen MR) is 89.4 cm³/mol. The van der Waals surface area contributed by atoms with E-state index >= 15 is 0 Å². The Morgan fingerprint density at radius 2 is 1.91 bits per heavy atom. The van der Waals surface area contributed by atoms with Crippen LogP contribution in [0.1, 0.15) is 5.56 Å². The average molecular weight is 326 g/mol. The van der Waals surface area contributed by atoms with Crippen LogP contribution in [-0.4, -0.2) is 23.0 Å². The minimum Gasteiger partial charge on any atom is -0.291 e. The van der Waals surface area contributed by atoms with E-state index < -0.39 is 10.0 Å². The van der Waals surface area contributed by atoms with Gasteiger partial charge in [0.25, 0.3) is 10.0 Å². The second-order valence-electron chi connectivity index (χ2n) is 4.74. The zero-order valence-electron chi connectivity index (χ0n) is 12.1. The quantitative estimate of drug-likeness (QED) is 0.782. The Kier molecular flexibility index (Phi) is 4.20. The first-order chi connectivity index (χ1) is 11.1. The van der Waals surface area contributed by atoms with Crippen molar-refractivity contribution >= 4 is 21.8 Å². The van der Waals surface area contributed by atoms with E-state index in [0.717, 1.165) is 11.0 Å². The van der Waals surface area contributed by atoms with Gasteiger partial charge in [0.05, 0.1) is 17.3 Å². The van der Waals surface area contributed by atoms with Gasteiger partial charge in [-0.1, -0.05) is 30.3 Å². The Hall–Kier alpha value is -2.93.